The van der Waals surface area contributed by atoms with Crippen molar-refractivity contribution in [2.75, 3.05) is 12.3 Å². The molecule has 1 saturated heterocycles. The van der Waals surface area contributed by atoms with Crippen LogP contribution in [0.5, 0.6) is 0 Å². The van der Waals surface area contributed by atoms with Crippen LogP contribution in [0, 0.1) is 11.8 Å². The first-order valence-electron chi connectivity index (χ1n) is 6.35. The average Bonchev–Trinajstić information content (AvgIpc) is 2.62. The van der Waals surface area contributed by atoms with Crippen LogP contribution in [0.4, 0.5) is 0 Å². The van der Waals surface area contributed by atoms with Gasteiger partial charge in [0.15, 0.2) is 5.17 Å². The molecule has 1 N–H and O–H groups in total. The van der Waals surface area contributed by atoms with Crippen molar-refractivity contribution < 1.29 is 0 Å². The summed E-state index contributed by atoms with van der Waals surface area (Å²) in [6.07, 6.45) is 8.47. The third-order valence-corrected chi connectivity index (χ3v) is 5.24. The van der Waals surface area contributed by atoms with E-state index < -0.39 is 0 Å². The molecule has 0 radical (unpaired) electrons. The Labute approximate surface area is 96.3 Å². The van der Waals surface area contributed by atoms with Crippen LogP contribution in [0.25, 0.3) is 0 Å². The molecular weight excluding hydrogens is 204 g/mol. The molecule has 1 aliphatic heterocycles. The molecule has 0 aromatic heterocycles. The van der Waals surface area contributed by atoms with Gasteiger partial charge in [-0.1, -0.05) is 24.6 Å². The molecule has 2 unspecified atom stereocenters. The Kier molecular flexibility index (Phi) is 2.91. The van der Waals surface area contributed by atoms with Crippen molar-refractivity contribution in [3.8, 4) is 0 Å². The summed E-state index contributed by atoms with van der Waals surface area (Å²) in [5, 5.41) is 4.87. The maximum atomic E-state index is 4.73. The Bertz CT molecular complexity index is 260. The minimum Gasteiger partial charge on any atom is -0.362 e. The molecule has 0 aromatic carbocycles. The Balaban J connectivity index is 1.53. The molecule has 0 amide bonds. The van der Waals surface area contributed by atoms with Gasteiger partial charge in [-0.3, -0.25) is 4.99 Å². The van der Waals surface area contributed by atoms with Crippen molar-refractivity contribution in [1.82, 2.24) is 5.32 Å². The fraction of sp³-hybridized carbons (Fsp3) is 0.917. The van der Waals surface area contributed by atoms with Crippen LogP contribution in [0.3, 0.4) is 0 Å². The van der Waals surface area contributed by atoms with E-state index in [0.717, 1.165) is 24.4 Å². The van der Waals surface area contributed by atoms with Crippen LogP contribution < -0.4 is 5.32 Å². The lowest BCUT2D eigenvalue weighted by Crippen LogP contribution is -2.41. The number of nitrogens with one attached hydrogen (secondary N) is 1. The van der Waals surface area contributed by atoms with Crippen LogP contribution in [-0.2, 0) is 0 Å². The number of amidine groups is 1. The maximum absolute atomic E-state index is 4.73. The second kappa shape index (κ2) is 4.36. The molecule has 2 atom stereocenters. The first kappa shape index (κ1) is 10.0. The Morgan fingerprint density at radius 1 is 1.20 bits per heavy atom. The zero-order chi connectivity index (χ0) is 10.1. The standard InChI is InChI=1S/C12H20N2S/c1-3-9(4-1)7-13-12-14-11-6-2-5-10(11)8-15-12/h9-11H,1-8H2,(H,13,14). The minimum absolute atomic E-state index is 0.756. The van der Waals surface area contributed by atoms with Crippen LogP contribution in [0.2, 0.25) is 0 Å². The number of nitrogens with zero attached hydrogens (tertiary/aromatic N) is 1. The quantitative estimate of drug-likeness (QED) is 0.780. The van der Waals surface area contributed by atoms with Crippen LogP contribution >= 0.6 is 11.8 Å². The number of fused-ring (bicyclic) bond motifs is 1. The molecule has 3 rings (SSSR count). The average molecular weight is 224 g/mol. The van der Waals surface area contributed by atoms with Gasteiger partial charge in [0.1, 0.15) is 0 Å². The zero-order valence-electron chi connectivity index (χ0n) is 9.24. The molecule has 2 nitrogen and oxygen atoms in total. The van der Waals surface area contributed by atoms with Gasteiger partial charge in [-0.2, -0.15) is 0 Å². The fourth-order valence-corrected chi connectivity index (χ4v) is 3.96. The van der Waals surface area contributed by atoms with E-state index in [2.05, 4.69) is 5.32 Å². The van der Waals surface area contributed by atoms with Gasteiger partial charge in [-0.15, -0.1) is 0 Å². The number of rotatable bonds is 2. The van der Waals surface area contributed by atoms with Gasteiger partial charge in [0.2, 0.25) is 0 Å². The molecule has 0 spiro atoms. The summed E-state index contributed by atoms with van der Waals surface area (Å²) < 4.78 is 0. The predicted octanol–water partition coefficient (Wildman–Crippen LogP) is 2.65. The summed E-state index contributed by atoms with van der Waals surface area (Å²) in [7, 11) is 0. The van der Waals surface area contributed by atoms with Crippen molar-refractivity contribution in [2.24, 2.45) is 16.8 Å². The van der Waals surface area contributed by atoms with Crippen molar-refractivity contribution in [3.05, 3.63) is 0 Å². The molecule has 3 fully saturated rings. The van der Waals surface area contributed by atoms with E-state index in [1.165, 1.54) is 49.4 Å². The smallest absolute Gasteiger partial charge is 0.156 e. The molecule has 2 saturated carbocycles. The first-order valence-corrected chi connectivity index (χ1v) is 7.34. The SMILES string of the molecule is C1CC(CN=C2NC3CCCC3CS2)C1. The van der Waals surface area contributed by atoms with Crippen molar-refractivity contribution in [3.63, 3.8) is 0 Å². The van der Waals surface area contributed by atoms with Crippen molar-refractivity contribution >= 4 is 16.9 Å². The van der Waals surface area contributed by atoms with Crippen molar-refractivity contribution in [2.45, 2.75) is 44.6 Å². The third kappa shape index (κ3) is 2.17. The van der Waals surface area contributed by atoms with Gasteiger partial charge in [0.25, 0.3) is 0 Å². The van der Waals surface area contributed by atoms with E-state index in [0.29, 0.717) is 0 Å². The number of hydrogen-bond acceptors (Lipinski definition) is 2. The summed E-state index contributed by atoms with van der Waals surface area (Å²) in [6, 6.07) is 0.756. The second-order valence-electron chi connectivity index (χ2n) is 5.20. The van der Waals surface area contributed by atoms with Gasteiger partial charge >= 0.3 is 0 Å². The molecule has 0 aromatic rings. The Morgan fingerprint density at radius 2 is 2.07 bits per heavy atom. The number of hydrogen-bond donors (Lipinski definition) is 1. The summed E-state index contributed by atoms with van der Waals surface area (Å²) >= 11 is 1.96. The number of thioether (sulfide) groups is 1. The van der Waals surface area contributed by atoms with Gasteiger partial charge in [-0.05, 0) is 37.5 Å². The highest BCUT2D eigenvalue weighted by Crippen LogP contribution is 2.33. The lowest BCUT2D eigenvalue weighted by Gasteiger charge is -2.29. The summed E-state index contributed by atoms with van der Waals surface area (Å²) in [6.45, 7) is 1.08. The lowest BCUT2D eigenvalue weighted by atomic mass is 9.86. The molecule has 84 valence electrons. The third-order valence-electron chi connectivity index (χ3n) is 4.12. The van der Waals surface area contributed by atoms with E-state index in [4.69, 9.17) is 4.99 Å². The zero-order valence-corrected chi connectivity index (χ0v) is 10.1. The van der Waals surface area contributed by atoms with Crippen LogP contribution in [-0.4, -0.2) is 23.5 Å². The summed E-state index contributed by atoms with van der Waals surface area (Å²) in [5.41, 5.74) is 0. The highest BCUT2D eigenvalue weighted by molar-refractivity contribution is 8.13. The van der Waals surface area contributed by atoms with Crippen LogP contribution in [0.15, 0.2) is 4.99 Å². The maximum Gasteiger partial charge on any atom is 0.156 e. The second-order valence-corrected chi connectivity index (χ2v) is 6.20. The van der Waals surface area contributed by atoms with Gasteiger partial charge in [-0.25, -0.2) is 0 Å². The van der Waals surface area contributed by atoms with E-state index in [-0.39, 0.29) is 0 Å². The molecule has 3 heteroatoms. The lowest BCUT2D eigenvalue weighted by molar-refractivity contribution is 0.326. The van der Waals surface area contributed by atoms with Gasteiger partial charge in [0.05, 0.1) is 0 Å². The highest BCUT2D eigenvalue weighted by atomic mass is 32.2. The minimum atomic E-state index is 0.756. The highest BCUT2D eigenvalue weighted by Gasteiger charge is 2.32. The molecular formula is C12H20N2S. The molecule has 0 bridgehead atoms. The van der Waals surface area contributed by atoms with E-state index in [1.54, 1.807) is 0 Å². The van der Waals surface area contributed by atoms with Gasteiger partial charge < -0.3 is 5.32 Å². The largest absolute Gasteiger partial charge is 0.362 e. The van der Waals surface area contributed by atoms with E-state index >= 15 is 0 Å². The Morgan fingerprint density at radius 3 is 2.87 bits per heavy atom. The van der Waals surface area contributed by atoms with E-state index in [9.17, 15) is 0 Å². The molecule has 15 heavy (non-hydrogen) atoms. The molecule has 3 aliphatic rings. The summed E-state index contributed by atoms with van der Waals surface area (Å²) in [4.78, 5) is 4.73. The van der Waals surface area contributed by atoms with E-state index in [1.807, 2.05) is 11.8 Å². The normalized spacial score (nSPS) is 38.5. The fourth-order valence-electron chi connectivity index (χ4n) is 2.79. The molecule has 1 heterocycles. The monoisotopic (exact) mass is 224 g/mol. The molecule has 2 aliphatic carbocycles. The first-order chi connectivity index (χ1) is 7.42. The van der Waals surface area contributed by atoms with Gasteiger partial charge in [0, 0.05) is 18.3 Å². The predicted molar refractivity (Wildman–Crippen MR) is 66.4 cm³/mol. The van der Waals surface area contributed by atoms with Crippen LogP contribution in [0.1, 0.15) is 38.5 Å². The topological polar surface area (TPSA) is 24.4 Å². The summed E-state index contributed by atoms with van der Waals surface area (Å²) in [5.74, 6) is 3.14. The number of aliphatic imine (C=N–C) groups is 1. The van der Waals surface area contributed by atoms with Crippen molar-refractivity contribution in [1.29, 1.82) is 0 Å². The Hall–Kier alpha value is -0.180.